The molecule has 2 fully saturated rings. The molecule has 0 radical (unpaired) electrons. The molecule has 2 aliphatic rings. The highest BCUT2D eigenvalue weighted by Crippen LogP contribution is 2.35. The maximum atomic E-state index is 12.0. The Balaban J connectivity index is 0.000000647. The third-order valence-electron chi connectivity index (χ3n) is 4.00. The topological polar surface area (TPSA) is 54.9 Å². The molecule has 6 nitrogen and oxygen atoms in total. The molecule has 0 aliphatic carbocycles. The smallest absolute Gasteiger partial charge is 0.410 e. The van der Waals surface area contributed by atoms with Gasteiger partial charge >= 0.3 is 6.09 Å². The van der Waals surface area contributed by atoms with E-state index in [1.54, 1.807) is 19.1 Å². The number of aromatic nitrogens is 1. The molecule has 1 amide bonds. The van der Waals surface area contributed by atoms with Crippen LogP contribution < -0.4 is 4.90 Å². The highest BCUT2D eigenvalue weighted by Gasteiger charge is 2.36. The monoisotopic (exact) mass is 335 g/mol. The number of amides is 1. The second-order valence-electron chi connectivity index (χ2n) is 7.27. The van der Waals surface area contributed by atoms with Crippen molar-refractivity contribution in [3.8, 4) is 0 Å². The van der Waals surface area contributed by atoms with Crippen LogP contribution in [0.1, 0.15) is 38.7 Å². The summed E-state index contributed by atoms with van der Waals surface area (Å²) in [6.45, 7) is 9.38. The zero-order valence-corrected chi connectivity index (χ0v) is 15.4. The predicted molar refractivity (Wildman–Crippen MR) is 94.5 cm³/mol. The van der Waals surface area contributed by atoms with Crippen LogP contribution in [0.25, 0.3) is 0 Å². The van der Waals surface area contributed by atoms with Crippen LogP contribution in [0.15, 0.2) is 18.5 Å². The van der Waals surface area contributed by atoms with Gasteiger partial charge in [0.15, 0.2) is 0 Å². The molecule has 0 unspecified atom stereocenters. The predicted octanol–water partition coefficient (Wildman–Crippen LogP) is 2.89. The van der Waals surface area contributed by atoms with Crippen LogP contribution in [0, 0.1) is 0 Å². The van der Waals surface area contributed by atoms with Gasteiger partial charge in [0, 0.05) is 70.0 Å². The molecule has 2 aliphatic heterocycles. The highest BCUT2D eigenvalue weighted by molar-refractivity contribution is 5.70. The van der Waals surface area contributed by atoms with Crippen molar-refractivity contribution >= 4 is 11.8 Å². The lowest BCUT2D eigenvalue weighted by molar-refractivity contribution is 0.00819. The van der Waals surface area contributed by atoms with Crippen molar-refractivity contribution in [1.82, 2.24) is 9.88 Å². The van der Waals surface area contributed by atoms with Crippen molar-refractivity contribution < 1.29 is 14.3 Å². The Morgan fingerprint density at radius 3 is 2.38 bits per heavy atom. The van der Waals surface area contributed by atoms with Crippen molar-refractivity contribution in [2.45, 2.75) is 38.7 Å². The van der Waals surface area contributed by atoms with E-state index in [0.29, 0.717) is 5.92 Å². The average molecular weight is 335 g/mol. The fourth-order valence-electron chi connectivity index (χ4n) is 2.71. The molecule has 24 heavy (non-hydrogen) atoms. The van der Waals surface area contributed by atoms with E-state index in [1.165, 1.54) is 17.7 Å². The second kappa shape index (κ2) is 7.83. The SMILES string of the molecule is CC(C)(C)OC(=O)N1CC(c2cnccc2N2CCC2)C1.COC. The number of pyridine rings is 1. The van der Waals surface area contributed by atoms with Gasteiger partial charge in [0.1, 0.15) is 5.60 Å². The maximum absolute atomic E-state index is 12.0. The average Bonchev–Trinajstić information content (AvgIpc) is 2.35. The Labute approximate surface area is 144 Å². The summed E-state index contributed by atoms with van der Waals surface area (Å²) in [4.78, 5) is 20.4. The number of rotatable bonds is 2. The first-order valence-electron chi connectivity index (χ1n) is 8.42. The number of methoxy groups -OCH3 is 1. The summed E-state index contributed by atoms with van der Waals surface area (Å²) in [7, 11) is 3.25. The molecular weight excluding hydrogens is 306 g/mol. The summed E-state index contributed by atoms with van der Waals surface area (Å²) in [5.74, 6) is 0.377. The van der Waals surface area contributed by atoms with E-state index in [1.807, 2.05) is 33.2 Å². The molecule has 6 heteroatoms. The van der Waals surface area contributed by atoms with Gasteiger partial charge in [0.2, 0.25) is 0 Å². The van der Waals surface area contributed by atoms with E-state index in [0.717, 1.165) is 26.2 Å². The first-order valence-corrected chi connectivity index (χ1v) is 8.42. The minimum atomic E-state index is -0.431. The van der Waals surface area contributed by atoms with Gasteiger partial charge in [0.25, 0.3) is 0 Å². The minimum absolute atomic E-state index is 0.215. The molecule has 0 spiro atoms. The van der Waals surface area contributed by atoms with Crippen LogP contribution in [-0.4, -0.2) is 62.0 Å². The van der Waals surface area contributed by atoms with Gasteiger partial charge in [-0.1, -0.05) is 0 Å². The number of carbonyl (C=O) groups excluding carboxylic acids is 1. The van der Waals surface area contributed by atoms with Crippen molar-refractivity contribution in [2.75, 3.05) is 45.3 Å². The first kappa shape index (κ1) is 18.5. The Morgan fingerprint density at radius 2 is 1.88 bits per heavy atom. The van der Waals surface area contributed by atoms with Gasteiger partial charge in [-0.25, -0.2) is 4.79 Å². The van der Waals surface area contributed by atoms with Crippen LogP contribution in [-0.2, 0) is 9.47 Å². The summed E-state index contributed by atoms with van der Waals surface area (Å²) < 4.78 is 9.65. The fourth-order valence-corrected chi connectivity index (χ4v) is 2.71. The molecule has 0 saturated carbocycles. The molecule has 2 saturated heterocycles. The minimum Gasteiger partial charge on any atom is -0.444 e. The number of likely N-dealkylation sites (tertiary alicyclic amines) is 1. The molecule has 0 atom stereocenters. The van der Waals surface area contributed by atoms with E-state index in [-0.39, 0.29) is 6.09 Å². The van der Waals surface area contributed by atoms with Crippen LogP contribution in [0.2, 0.25) is 0 Å². The maximum Gasteiger partial charge on any atom is 0.410 e. The van der Waals surface area contributed by atoms with Gasteiger partial charge in [-0.05, 0) is 33.3 Å². The zero-order valence-electron chi connectivity index (χ0n) is 15.4. The Hall–Kier alpha value is -1.82. The normalized spacial score (nSPS) is 17.4. The van der Waals surface area contributed by atoms with Gasteiger partial charge < -0.3 is 19.3 Å². The van der Waals surface area contributed by atoms with Crippen molar-refractivity contribution in [1.29, 1.82) is 0 Å². The van der Waals surface area contributed by atoms with Crippen molar-refractivity contribution in [2.24, 2.45) is 0 Å². The summed E-state index contributed by atoms with van der Waals surface area (Å²) >= 11 is 0. The van der Waals surface area contributed by atoms with Crippen LogP contribution >= 0.6 is 0 Å². The van der Waals surface area contributed by atoms with Crippen molar-refractivity contribution in [3.05, 3.63) is 24.0 Å². The standard InChI is InChI=1S/C16H23N3O2.C2H6O/c1-16(2,3)21-15(20)19-10-12(11-19)13-9-17-6-5-14(13)18-7-4-8-18;1-3-2/h5-6,9,12H,4,7-8,10-11H2,1-3H3;1-2H3. The second-order valence-corrected chi connectivity index (χ2v) is 7.27. The lowest BCUT2D eigenvalue weighted by atomic mass is 9.91. The van der Waals surface area contributed by atoms with Crippen LogP contribution in [0.5, 0.6) is 0 Å². The summed E-state index contributed by atoms with van der Waals surface area (Å²) in [5.41, 5.74) is 2.11. The summed E-state index contributed by atoms with van der Waals surface area (Å²) in [6, 6.07) is 2.09. The third-order valence-corrected chi connectivity index (χ3v) is 4.00. The summed E-state index contributed by atoms with van der Waals surface area (Å²) in [6.07, 6.45) is 4.84. The van der Waals surface area contributed by atoms with E-state index in [4.69, 9.17) is 4.74 Å². The number of carbonyl (C=O) groups is 1. The Kier molecular flexibility index (Phi) is 6.04. The lowest BCUT2D eigenvalue weighted by Crippen LogP contribution is -2.50. The number of ether oxygens (including phenoxy) is 2. The van der Waals surface area contributed by atoms with E-state index in [9.17, 15) is 4.79 Å². The zero-order chi connectivity index (χ0) is 17.7. The quantitative estimate of drug-likeness (QED) is 0.832. The summed E-state index contributed by atoms with van der Waals surface area (Å²) in [5, 5.41) is 0. The number of nitrogens with zero attached hydrogens (tertiary/aromatic N) is 3. The van der Waals surface area contributed by atoms with E-state index in [2.05, 4.69) is 20.7 Å². The van der Waals surface area contributed by atoms with E-state index < -0.39 is 5.60 Å². The van der Waals surface area contributed by atoms with E-state index >= 15 is 0 Å². The molecule has 3 heterocycles. The Morgan fingerprint density at radius 1 is 1.25 bits per heavy atom. The third kappa shape index (κ3) is 4.60. The van der Waals surface area contributed by atoms with Crippen LogP contribution in [0.4, 0.5) is 10.5 Å². The van der Waals surface area contributed by atoms with Gasteiger partial charge in [0.05, 0.1) is 0 Å². The molecule has 0 aromatic carbocycles. The molecular formula is C18H29N3O3. The van der Waals surface area contributed by atoms with Gasteiger partial charge in [-0.2, -0.15) is 0 Å². The van der Waals surface area contributed by atoms with Gasteiger partial charge in [-0.15, -0.1) is 0 Å². The largest absolute Gasteiger partial charge is 0.444 e. The molecule has 0 bridgehead atoms. The highest BCUT2D eigenvalue weighted by atomic mass is 16.6. The molecule has 3 rings (SSSR count). The number of hydrogen-bond donors (Lipinski definition) is 0. The molecule has 1 aromatic heterocycles. The van der Waals surface area contributed by atoms with Gasteiger partial charge in [-0.3, -0.25) is 4.98 Å². The first-order chi connectivity index (χ1) is 11.4. The van der Waals surface area contributed by atoms with Crippen LogP contribution in [0.3, 0.4) is 0 Å². The number of anilines is 1. The molecule has 0 N–H and O–H groups in total. The fraction of sp³-hybridized carbons (Fsp3) is 0.667. The molecule has 1 aromatic rings. The lowest BCUT2D eigenvalue weighted by Gasteiger charge is -2.42. The number of hydrogen-bond acceptors (Lipinski definition) is 5. The molecule has 134 valence electrons. The Bertz CT molecular complexity index is 547. The van der Waals surface area contributed by atoms with Crippen molar-refractivity contribution in [3.63, 3.8) is 0 Å².